The van der Waals surface area contributed by atoms with Gasteiger partial charge in [0.05, 0.1) is 6.54 Å². The van der Waals surface area contributed by atoms with Gasteiger partial charge in [-0.15, -0.1) is 0 Å². The second-order valence-electron chi connectivity index (χ2n) is 5.43. The van der Waals surface area contributed by atoms with Crippen LogP contribution in [0.4, 0.5) is 15.3 Å². The minimum atomic E-state index is -0.622. The van der Waals surface area contributed by atoms with Crippen molar-refractivity contribution in [3.05, 3.63) is 59.1 Å². The summed E-state index contributed by atoms with van der Waals surface area (Å²) in [5, 5.41) is 5.69. The van der Waals surface area contributed by atoms with Gasteiger partial charge >= 0.3 is 12.2 Å². The molecule has 0 heterocycles. The molecule has 0 aliphatic heterocycles. The molecule has 25 heavy (non-hydrogen) atoms. The number of aryl methyl sites for hydroxylation is 1. The smallest absolute Gasteiger partial charge is 0.412 e. The molecule has 6 nitrogen and oxygen atoms in total. The van der Waals surface area contributed by atoms with E-state index in [0.717, 1.165) is 5.56 Å². The van der Waals surface area contributed by atoms with E-state index in [1.165, 1.54) is 0 Å². The van der Waals surface area contributed by atoms with E-state index in [1.54, 1.807) is 49.4 Å². The van der Waals surface area contributed by atoms with Crippen LogP contribution in [0.25, 0.3) is 0 Å². The van der Waals surface area contributed by atoms with E-state index >= 15 is 0 Å². The molecule has 0 aromatic heterocycles. The molecule has 0 radical (unpaired) electrons. The number of carbonyl (C=O) groups is 2. The lowest BCUT2D eigenvalue weighted by atomic mass is 10.2. The average molecular weight is 363 g/mol. The predicted molar refractivity (Wildman–Crippen MR) is 96.2 cm³/mol. The highest BCUT2D eigenvalue weighted by atomic mass is 35.5. The Morgan fingerprint density at radius 1 is 1.12 bits per heavy atom. The van der Waals surface area contributed by atoms with Crippen molar-refractivity contribution in [1.82, 2.24) is 5.32 Å². The highest BCUT2D eigenvalue weighted by molar-refractivity contribution is 6.30. The largest absolute Gasteiger partial charge is 0.444 e. The third-order valence-corrected chi connectivity index (χ3v) is 3.38. The quantitative estimate of drug-likeness (QED) is 0.827. The van der Waals surface area contributed by atoms with Crippen molar-refractivity contribution in [2.75, 3.05) is 11.9 Å². The van der Waals surface area contributed by atoms with Crippen LogP contribution in [-0.2, 0) is 4.74 Å². The Morgan fingerprint density at radius 3 is 2.52 bits per heavy atom. The first-order chi connectivity index (χ1) is 11.9. The molecule has 0 saturated heterocycles. The second-order valence-corrected chi connectivity index (χ2v) is 5.87. The van der Waals surface area contributed by atoms with Crippen LogP contribution in [0.1, 0.15) is 12.5 Å². The highest BCUT2D eigenvalue weighted by Crippen LogP contribution is 2.14. The zero-order valence-electron chi connectivity index (χ0n) is 13.9. The molecular formula is C18H19ClN2O4. The number of carbonyl (C=O) groups excluding carboxylic acids is 2. The first-order valence-corrected chi connectivity index (χ1v) is 8.06. The van der Waals surface area contributed by atoms with Crippen molar-refractivity contribution in [2.45, 2.75) is 20.0 Å². The summed E-state index contributed by atoms with van der Waals surface area (Å²) in [6.07, 6.45) is -1.76. The van der Waals surface area contributed by atoms with Gasteiger partial charge in [-0.1, -0.05) is 23.7 Å². The van der Waals surface area contributed by atoms with Gasteiger partial charge in [0.1, 0.15) is 11.9 Å². The first-order valence-electron chi connectivity index (χ1n) is 7.68. The fourth-order valence-corrected chi connectivity index (χ4v) is 2.08. The molecule has 0 spiro atoms. The summed E-state index contributed by atoms with van der Waals surface area (Å²) in [4.78, 5) is 23.5. The Kier molecular flexibility index (Phi) is 6.65. The number of rotatable bonds is 5. The van der Waals surface area contributed by atoms with Gasteiger partial charge < -0.3 is 14.8 Å². The highest BCUT2D eigenvalue weighted by Gasteiger charge is 2.12. The van der Waals surface area contributed by atoms with Gasteiger partial charge in [0, 0.05) is 10.7 Å². The van der Waals surface area contributed by atoms with Crippen molar-refractivity contribution in [2.24, 2.45) is 0 Å². The Hall–Kier alpha value is -2.73. The van der Waals surface area contributed by atoms with E-state index < -0.39 is 18.3 Å². The van der Waals surface area contributed by atoms with Crippen LogP contribution in [0, 0.1) is 6.92 Å². The molecule has 7 heteroatoms. The third-order valence-electron chi connectivity index (χ3n) is 3.13. The maximum Gasteiger partial charge on any atom is 0.412 e. The van der Waals surface area contributed by atoms with Crippen LogP contribution in [0.2, 0.25) is 5.02 Å². The molecule has 1 unspecified atom stereocenters. The molecule has 0 bridgehead atoms. The van der Waals surface area contributed by atoms with E-state index in [9.17, 15) is 9.59 Å². The van der Waals surface area contributed by atoms with Crippen LogP contribution in [0.3, 0.4) is 0 Å². The van der Waals surface area contributed by atoms with Crippen LogP contribution in [0.5, 0.6) is 5.75 Å². The van der Waals surface area contributed by atoms with Crippen molar-refractivity contribution >= 4 is 29.5 Å². The Morgan fingerprint density at radius 2 is 1.84 bits per heavy atom. The molecule has 0 fully saturated rings. The van der Waals surface area contributed by atoms with E-state index in [2.05, 4.69) is 10.6 Å². The molecule has 2 aromatic rings. The van der Waals surface area contributed by atoms with E-state index in [1.807, 2.05) is 13.0 Å². The minimum Gasteiger partial charge on any atom is -0.444 e. The van der Waals surface area contributed by atoms with Gasteiger partial charge in [0.15, 0.2) is 0 Å². The lowest BCUT2D eigenvalue weighted by Crippen LogP contribution is -2.35. The molecule has 2 aromatic carbocycles. The third kappa shape index (κ3) is 6.73. The molecule has 2 amide bonds. The van der Waals surface area contributed by atoms with Gasteiger partial charge in [-0.2, -0.15) is 0 Å². The van der Waals surface area contributed by atoms with E-state index in [-0.39, 0.29) is 6.54 Å². The molecule has 1 atom stereocenters. The Balaban J connectivity index is 1.72. The van der Waals surface area contributed by atoms with E-state index in [4.69, 9.17) is 21.1 Å². The number of ether oxygens (including phenoxy) is 2. The number of anilines is 1. The normalized spacial score (nSPS) is 11.3. The van der Waals surface area contributed by atoms with Crippen molar-refractivity contribution in [3.8, 4) is 5.75 Å². The fourth-order valence-electron chi connectivity index (χ4n) is 1.95. The topological polar surface area (TPSA) is 76.7 Å². The maximum absolute atomic E-state index is 11.8. The molecule has 0 aliphatic carbocycles. The lowest BCUT2D eigenvalue weighted by Gasteiger charge is -2.15. The monoisotopic (exact) mass is 362 g/mol. The van der Waals surface area contributed by atoms with Gasteiger partial charge in [-0.05, 0) is 55.8 Å². The van der Waals surface area contributed by atoms with Crippen molar-refractivity contribution in [3.63, 3.8) is 0 Å². The summed E-state index contributed by atoms with van der Waals surface area (Å²) in [6.45, 7) is 3.69. The van der Waals surface area contributed by atoms with Crippen LogP contribution in [0.15, 0.2) is 48.5 Å². The first kappa shape index (κ1) is 18.6. The molecule has 2 rings (SSSR count). The molecule has 132 valence electrons. The summed E-state index contributed by atoms with van der Waals surface area (Å²) in [6, 6.07) is 13.8. The minimum absolute atomic E-state index is 0.124. The number of nitrogens with one attached hydrogen (secondary N) is 2. The summed E-state index contributed by atoms with van der Waals surface area (Å²) in [5.74, 6) is 0.451. The number of hydrogen-bond acceptors (Lipinski definition) is 4. The van der Waals surface area contributed by atoms with Crippen LogP contribution in [-0.4, -0.2) is 24.8 Å². The van der Waals surface area contributed by atoms with Crippen LogP contribution >= 0.6 is 11.6 Å². The Labute approximate surface area is 151 Å². The van der Waals surface area contributed by atoms with Gasteiger partial charge in [0.25, 0.3) is 0 Å². The molecule has 0 aliphatic rings. The maximum atomic E-state index is 11.8. The van der Waals surface area contributed by atoms with Crippen molar-refractivity contribution in [1.29, 1.82) is 0 Å². The zero-order valence-corrected chi connectivity index (χ0v) is 14.7. The van der Waals surface area contributed by atoms with Gasteiger partial charge in [0.2, 0.25) is 0 Å². The molecule has 0 saturated carbocycles. The lowest BCUT2D eigenvalue weighted by molar-refractivity contribution is 0.118. The molecular weight excluding hydrogens is 344 g/mol. The van der Waals surface area contributed by atoms with Crippen molar-refractivity contribution < 1.29 is 19.1 Å². The van der Waals surface area contributed by atoms with Crippen LogP contribution < -0.4 is 15.4 Å². The zero-order chi connectivity index (χ0) is 18.2. The number of hydrogen-bond donors (Lipinski definition) is 2. The summed E-state index contributed by atoms with van der Waals surface area (Å²) in [7, 11) is 0. The second kappa shape index (κ2) is 8.94. The summed E-state index contributed by atoms with van der Waals surface area (Å²) in [5.41, 5.74) is 1.55. The van der Waals surface area contributed by atoms with E-state index in [0.29, 0.717) is 16.5 Å². The number of halogens is 1. The van der Waals surface area contributed by atoms with Gasteiger partial charge in [-0.25, -0.2) is 9.59 Å². The number of amides is 2. The summed E-state index contributed by atoms with van der Waals surface area (Å²) >= 11 is 5.77. The average Bonchev–Trinajstić information content (AvgIpc) is 2.55. The van der Waals surface area contributed by atoms with Gasteiger partial charge in [-0.3, -0.25) is 5.32 Å². The SMILES string of the molecule is Cc1cccc(OC(=O)NCC(C)OC(=O)Nc2ccc(Cl)cc2)c1. The number of benzene rings is 2. The molecule has 2 N–H and O–H groups in total. The predicted octanol–water partition coefficient (Wildman–Crippen LogP) is 4.37. The summed E-state index contributed by atoms with van der Waals surface area (Å²) < 4.78 is 10.3. The Bertz CT molecular complexity index is 734. The standard InChI is InChI=1S/C18H19ClN2O4/c1-12-4-3-5-16(10-12)25-17(22)20-11-13(2)24-18(23)21-15-8-6-14(19)7-9-15/h3-10,13H,11H2,1-2H3,(H,20,22)(H,21,23). The fraction of sp³-hybridized carbons (Fsp3) is 0.222.